The third kappa shape index (κ3) is 4.38. The van der Waals surface area contributed by atoms with E-state index in [1.165, 1.54) is 13.2 Å². The molecular weight excluding hydrogens is 269 g/mol. The number of benzene rings is 2. The zero-order chi connectivity index (χ0) is 15.1. The van der Waals surface area contributed by atoms with Crippen molar-refractivity contribution >= 4 is 5.69 Å². The van der Waals surface area contributed by atoms with Gasteiger partial charge in [0.15, 0.2) is 11.6 Å². The van der Waals surface area contributed by atoms with Crippen molar-refractivity contribution in [3.63, 3.8) is 0 Å². The first kappa shape index (κ1) is 15.2. The van der Waals surface area contributed by atoms with Gasteiger partial charge in [-0.3, -0.25) is 0 Å². The zero-order valence-electron chi connectivity index (χ0n) is 12.4. The van der Waals surface area contributed by atoms with E-state index in [0.717, 1.165) is 30.0 Å². The van der Waals surface area contributed by atoms with Crippen LogP contribution < -0.4 is 14.8 Å². The molecule has 2 aromatic rings. The zero-order valence-corrected chi connectivity index (χ0v) is 12.4. The summed E-state index contributed by atoms with van der Waals surface area (Å²) >= 11 is 0. The minimum Gasteiger partial charge on any atom is -0.494 e. The first-order valence-corrected chi connectivity index (χ1v) is 7.02. The summed E-state index contributed by atoms with van der Waals surface area (Å²) < 4.78 is 24.0. The molecule has 2 aromatic carbocycles. The number of hydrogen-bond acceptors (Lipinski definition) is 3. The highest BCUT2D eigenvalue weighted by atomic mass is 19.1. The largest absolute Gasteiger partial charge is 0.494 e. The molecule has 0 atom stereocenters. The van der Waals surface area contributed by atoms with Crippen molar-refractivity contribution in [2.24, 2.45) is 0 Å². The van der Waals surface area contributed by atoms with Crippen LogP contribution in [0.15, 0.2) is 42.5 Å². The Kier molecular flexibility index (Phi) is 5.43. The molecule has 0 amide bonds. The van der Waals surface area contributed by atoms with E-state index in [2.05, 4.69) is 12.2 Å². The Bertz CT molecular complexity index is 570. The van der Waals surface area contributed by atoms with E-state index >= 15 is 0 Å². The second-order valence-electron chi connectivity index (χ2n) is 4.70. The Balaban J connectivity index is 1.92. The molecule has 21 heavy (non-hydrogen) atoms. The fourth-order valence-corrected chi connectivity index (χ4v) is 1.90. The number of anilines is 1. The maximum Gasteiger partial charge on any atom is 0.167 e. The third-order valence-corrected chi connectivity index (χ3v) is 3.04. The molecule has 0 aliphatic heterocycles. The monoisotopic (exact) mass is 289 g/mol. The summed E-state index contributed by atoms with van der Waals surface area (Å²) in [6.45, 7) is 3.43. The van der Waals surface area contributed by atoms with E-state index in [9.17, 15) is 4.39 Å². The fourth-order valence-electron chi connectivity index (χ4n) is 1.90. The van der Waals surface area contributed by atoms with Crippen molar-refractivity contribution in [2.75, 3.05) is 19.0 Å². The lowest BCUT2D eigenvalue weighted by Crippen LogP contribution is -2.01. The normalized spacial score (nSPS) is 10.2. The summed E-state index contributed by atoms with van der Waals surface area (Å²) in [6, 6.07) is 12.7. The van der Waals surface area contributed by atoms with Crippen molar-refractivity contribution in [1.29, 1.82) is 0 Å². The topological polar surface area (TPSA) is 30.5 Å². The van der Waals surface area contributed by atoms with Gasteiger partial charge in [0.2, 0.25) is 0 Å². The van der Waals surface area contributed by atoms with E-state index in [0.29, 0.717) is 6.54 Å². The second kappa shape index (κ2) is 7.53. The van der Waals surface area contributed by atoms with Gasteiger partial charge in [-0.1, -0.05) is 19.1 Å². The quantitative estimate of drug-likeness (QED) is 0.827. The molecule has 0 fully saturated rings. The minimum atomic E-state index is -0.370. The van der Waals surface area contributed by atoms with Crippen LogP contribution >= 0.6 is 0 Å². The molecular formula is C17H20FNO2. The second-order valence-corrected chi connectivity index (χ2v) is 4.70. The summed E-state index contributed by atoms with van der Waals surface area (Å²) in [7, 11) is 1.45. The highest BCUT2D eigenvalue weighted by molar-refractivity contribution is 5.47. The summed E-state index contributed by atoms with van der Waals surface area (Å²) in [5.41, 5.74) is 1.83. The van der Waals surface area contributed by atoms with Crippen molar-refractivity contribution in [1.82, 2.24) is 0 Å². The van der Waals surface area contributed by atoms with Crippen LogP contribution in [0, 0.1) is 5.82 Å². The summed E-state index contributed by atoms with van der Waals surface area (Å²) in [5.74, 6) is 0.750. The van der Waals surface area contributed by atoms with Gasteiger partial charge in [0.1, 0.15) is 5.75 Å². The van der Waals surface area contributed by atoms with E-state index < -0.39 is 0 Å². The Labute approximate surface area is 124 Å². The number of halogens is 1. The van der Waals surface area contributed by atoms with Crippen molar-refractivity contribution in [3.05, 3.63) is 53.8 Å². The molecule has 4 heteroatoms. The lowest BCUT2D eigenvalue weighted by Gasteiger charge is -2.09. The van der Waals surface area contributed by atoms with E-state index in [1.807, 2.05) is 24.3 Å². The molecule has 0 unspecified atom stereocenters. The highest BCUT2D eigenvalue weighted by Crippen LogP contribution is 2.21. The number of nitrogens with one attached hydrogen (secondary N) is 1. The van der Waals surface area contributed by atoms with Gasteiger partial charge in [0, 0.05) is 18.3 Å². The van der Waals surface area contributed by atoms with Crippen LogP contribution in [0.5, 0.6) is 11.5 Å². The van der Waals surface area contributed by atoms with E-state index in [1.54, 1.807) is 12.1 Å². The van der Waals surface area contributed by atoms with Crippen molar-refractivity contribution in [2.45, 2.75) is 19.9 Å². The average Bonchev–Trinajstić information content (AvgIpc) is 2.52. The standard InChI is InChI=1S/C17H20FNO2/c1-3-10-21-15-7-4-13(5-8-15)12-19-14-6-9-17(20-2)16(18)11-14/h4-9,11,19H,3,10,12H2,1-2H3. The molecule has 0 aliphatic rings. The van der Waals surface area contributed by atoms with Crippen LogP contribution in [0.2, 0.25) is 0 Å². The fraction of sp³-hybridized carbons (Fsp3) is 0.294. The molecule has 0 radical (unpaired) electrons. The molecule has 0 heterocycles. The van der Waals surface area contributed by atoms with Crippen LogP contribution in [0.3, 0.4) is 0 Å². The van der Waals surface area contributed by atoms with Crippen molar-refractivity contribution in [3.8, 4) is 11.5 Å². The highest BCUT2D eigenvalue weighted by Gasteiger charge is 2.03. The van der Waals surface area contributed by atoms with E-state index in [4.69, 9.17) is 9.47 Å². The lowest BCUT2D eigenvalue weighted by molar-refractivity contribution is 0.317. The molecule has 0 saturated heterocycles. The minimum absolute atomic E-state index is 0.248. The molecule has 0 saturated carbocycles. The van der Waals surface area contributed by atoms with Gasteiger partial charge in [0.05, 0.1) is 13.7 Å². The maximum atomic E-state index is 13.6. The van der Waals surface area contributed by atoms with Gasteiger partial charge in [0.25, 0.3) is 0 Å². The van der Waals surface area contributed by atoms with Gasteiger partial charge in [-0.15, -0.1) is 0 Å². The number of hydrogen-bond donors (Lipinski definition) is 1. The van der Waals surface area contributed by atoms with Crippen LogP contribution in [0.25, 0.3) is 0 Å². The summed E-state index contributed by atoms with van der Waals surface area (Å²) in [5, 5.41) is 3.18. The summed E-state index contributed by atoms with van der Waals surface area (Å²) in [4.78, 5) is 0. The van der Waals surface area contributed by atoms with Gasteiger partial charge in [-0.2, -0.15) is 0 Å². The van der Waals surface area contributed by atoms with Crippen LogP contribution in [0.1, 0.15) is 18.9 Å². The van der Waals surface area contributed by atoms with Crippen LogP contribution in [0.4, 0.5) is 10.1 Å². The Morgan fingerprint density at radius 3 is 2.48 bits per heavy atom. The van der Waals surface area contributed by atoms with Crippen molar-refractivity contribution < 1.29 is 13.9 Å². The van der Waals surface area contributed by atoms with Gasteiger partial charge >= 0.3 is 0 Å². The van der Waals surface area contributed by atoms with Gasteiger partial charge < -0.3 is 14.8 Å². The predicted octanol–water partition coefficient (Wildman–Crippen LogP) is 4.24. The summed E-state index contributed by atoms with van der Waals surface area (Å²) in [6.07, 6.45) is 0.992. The Hall–Kier alpha value is -2.23. The predicted molar refractivity (Wildman–Crippen MR) is 82.5 cm³/mol. The number of methoxy groups -OCH3 is 1. The molecule has 112 valence electrons. The maximum absolute atomic E-state index is 13.6. The SMILES string of the molecule is CCCOc1ccc(CNc2ccc(OC)c(F)c2)cc1. The number of ether oxygens (including phenoxy) is 2. The first-order valence-electron chi connectivity index (χ1n) is 7.02. The molecule has 0 bridgehead atoms. The smallest absolute Gasteiger partial charge is 0.167 e. The van der Waals surface area contributed by atoms with Gasteiger partial charge in [-0.05, 0) is 36.2 Å². The van der Waals surface area contributed by atoms with E-state index in [-0.39, 0.29) is 11.6 Å². The van der Waals surface area contributed by atoms with Crippen LogP contribution in [-0.2, 0) is 6.54 Å². The lowest BCUT2D eigenvalue weighted by atomic mass is 10.2. The average molecular weight is 289 g/mol. The molecule has 0 aliphatic carbocycles. The molecule has 2 rings (SSSR count). The molecule has 1 N–H and O–H groups in total. The van der Waals surface area contributed by atoms with Gasteiger partial charge in [-0.25, -0.2) is 4.39 Å². The molecule has 3 nitrogen and oxygen atoms in total. The first-order chi connectivity index (χ1) is 10.2. The molecule has 0 spiro atoms. The molecule has 0 aromatic heterocycles. The Morgan fingerprint density at radius 2 is 1.86 bits per heavy atom. The number of rotatable bonds is 7. The van der Waals surface area contributed by atoms with Crippen LogP contribution in [-0.4, -0.2) is 13.7 Å². The Morgan fingerprint density at radius 1 is 1.10 bits per heavy atom. The third-order valence-electron chi connectivity index (χ3n) is 3.04.